The van der Waals surface area contributed by atoms with E-state index in [-0.39, 0.29) is 17.6 Å². The summed E-state index contributed by atoms with van der Waals surface area (Å²) in [6.45, 7) is 1.92. The molecule has 0 unspecified atom stereocenters. The molecule has 0 saturated carbocycles. The van der Waals surface area contributed by atoms with E-state index < -0.39 is 0 Å². The number of benzene rings is 2. The van der Waals surface area contributed by atoms with Gasteiger partial charge in [-0.25, -0.2) is 14.4 Å². The molecule has 0 aliphatic carbocycles. The quantitative estimate of drug-likeness (QED) is 0.656. The Hall–Kier alpha value is -2.99. The van der Waals surface area contributed by atoms with Crippen molar-refractivity contribution < 1.29 is 9.18 Å². The summed E-state index contributed by atoms with van der Waals surface area (Å²) in [5.41, 5.74) is 2.51. The van der Waals surface area contributed by atoms with Crippen LogP contribution in [0, 0.1) is 11.7 Å². The van der Waals surface area contributed by atoms with Gasteiger partial charge in [0.1, 0.15) is 18.0 Å². The molecule has 1 aliphatic heterocycles. The number of hydrogen-bond donors (Lipinski definition) is 1. The number of piperidine rings is 1. The van der Waals surface area contributed by atoms with E-state index in [2.05, 4.69) is 20.2 Å². The second-order valence-electron chi connectivity index (χ2n) is 7.34. The number of carbonyl (C=O) groups excluding carboxylic acids is 1. The van der Waals surface area contributed by atoms with Crippen molar-refractivity contribution in [3.63, 3.8) is 0 Å². The summed E-state index contributed by atoms with van der Waals surface area (Å²) < 4.78 is 13.2. The van der Waals surface area contributed by atoms with Gasteiger partial charge in [-0.2, -0.15) is 0 Å². The number of nitrogens with zero attached hydrogens (tertiary/aromatic N) is 3. The van der Waals surface area contributed by atoms with Crippen LogP contribution in [0.3, 0.4) is 0 Å². The summed E-state index contributed by atoms with van der Waals surface area (Å²) in [6, 6.07) is 15.7. The van der Waals surface area contributed by atoms with Gasteiger partial charge in [0.05, 0.1) is 5.69 Å². The third kappa shape index (κ3) is 4.76. The monoisotopic (exact) mass is 424 g/mol. The lowest BCUT2D eigenvalue weighted by Crippen LogP contribution is -2.40. The number of amides is 1. The van der Waals surface area contributed by atoms with Crippen LogP contribution in [0.15, 0.2) is 60.9 Å². The average molecular weight is 425 g/mol. The van der Waals surface area contributed by atoms with Gasteiger partial charge in [0.2, 0.25) is 5.91 Å². The molecule has 1 aromatic heterocycles. The molecule has 0 bridgehead atoms. The van der Waals surface area contributed by atoms with Gasteiger partial charge in [-0.05, 0) is 48.7 Å². The third-order valence-electron chi connectivity index (χ3n) is 5.39. The van der Waals surface area contributed by atoms with E-state index in [1.807, 2.05) is 30.3 Å². The van der Waals surface area contributed by atoms with Crippen molar-refractivity contribution in [2.45, 2.75) is 19.4 Å². The second-order valence-corrected chi connectivity index (χ2v) is 7.75. The van der Waals surface area contributed by atoms with Gasteiger partial charge in [-0.1, -0.05) is 29.8 Å². The first-order valence-electron chi connectivity index (χ1n) is 9.94. The molecule has 0 atom stereocenters. The molecule has 5 nitrogen and oxygen atoms in total. The summed E-state index contributed by atoms with van der Waals surface area (Å²) in [5, 5.41) is 3.66. The fourth-order valence-corrected chi connectivity index (χ4v) is 3.84. The second kappa shape index (κ2) is 9.22. The number of carbonyl (C=O) groups is 1. The SMILES string of the molecule is O=C(NCc1ccccc1Cl)C1CCN(c2cc(-c3ccc(F)cc3)ncn2)CC1. The highest BCUT2D eigenvalue weighted by atomic mass is 35.5. The first-order valence-corrected chi connectivity index (χ1v) is 10.3. The molecule has 1 saturated heterocycles. The van der Waals surface area contributed by atoms with Crippen LogP contribution < -0.4 is 10.2 Å². The van der Waals surface area contributed by atoms with Gasteiger partial charge >= 0.3 is 0 Å². The Morgan fingerprint density at radius 1 is 1.10 bits per heavy atom. The van der Waals surface area contributed by atoms with Crippen LogP contribution in [0.1, 0.15) is 18.4 Å². The summed E-state index contributed by atoms with van der Waals surface area (Å²) >= 11 is 6.16. The molecule has 7 heteroatoms. The highest BCUT2D eigenvalue weighted by Gasteiger charge is 2.25. The van der Waals surface area contributed by atoms with Gasteiger partial charge in [-0.3, -0.25) is 4.79 Å². The molecule has 154 valence electrons. The van der Waals surface area contributed by atoms with Crippen LogP contribution in [0.25, 0.3) is 11.3 Å². The number of aromatic nitrogens is 2. The Balaban J connectivity index is 1.34. The Kier molecular flexibility index (Phi) is 6.23. The van der Waals surface area contributed by atoms with E-state index in [0.29, 0.717) is 11.6 Å². The number of halogens is 2. The van der Waals surface area contributed by atoms with E-state index in [0.717, 1.165) is 48.6 Å². The largest absolute Gasteiger partial charge is 0.356 e. The van der Waals surface area contributed by atoms with Crippen LogP contribution in [0.5, 0.6) is 0 Å². The molecule has 2 heterocycles. The summed E-state index contributed by atoms with van der Waals surface area (Å²) in [6.07, 6.45) is 3.03. The molecule has 0 radical (unpaired) electrons. The van der Waals surface area contributed by atoms with Crippen molar-refractivity contribution >= 4 is 23.3 Å². The highest BCUT2D eigenvalue weighted by molar-refractivity contribution is 6.31. The standard InChI is InChI=1S/C23H22ClFN4O/c24-20-4-2-1-3-18(20)14-26-23(30)17-9-11-29(12-10-17)22-13-21(27-15-28-22)16-5-7-19(25)8-6-16/h1-8,13,15,17H,9-12,14H2,(H,26,30). The lowest BCUT2D eigenvalue weighted by molar-refractivity contribution is -0.125. The number of nitrogens with one attached hydrogen (secondary N) is 1. The minimum absolute atomic E-state index is 0.0258. The Labute approximate surface area is 179 Å². The lowest BCUT2D eigenvalue weighted by Gasteiger charge is -2.32. The normalized spacial score (nSPS) is 14.5. The predicted molar refractivity (Wildman–Crippen MR) is 116 cm³/mol. The number of anilines is 1. The highest BCUT2D eigenvalue weighted by Crippen LogP contribution is 2.25. The molecule has 1 amide bonds. The number of rotatable bonds is 5. The molecule has 1 fully saturated rings. The van der Waals surface area contributed by atoms with Crippen molar-refractivity contribution in [1.82, 2.24) is 15.3 Å². The van der Waals surface area contributed by atoms with Crippen LogP contribution in [0.4, 0.5) is 10.2 Å². The van der Waals surface area contributed by atoms with Crippen LogP contribution in [-0.2, 0) is 11.3 Å². The maximum absolute atomic E-state index is 13.2. The van der Waals surface area contributed by atoms with Gasteiger partial charge in [0.15, 0.2) is 0 Å². The third-order valence-corrected chi connectivity index (χ3v) is 5.76. The van der Waals surface area contributed by atoms with E-state index >= 15 is 0 Å². The fraction of sp³-hybridized carbons (Fsp3) is 0.261. The Bertz CT molecular complexity index is 1020. The maximum Gasteiger partial charge on any atom is 0.223 e. The van der Waals surface area contributed by atoms with Crippen molar-refractivity contribution in [2.75, 3.05) is 18.0 Å². The van der Waals surface area contributed by atoms with Crippen molar-refractivity contribution in [1.29, 1.82) is 0 Å². The summed E-state index contributed by atoms with van der Waals surface area (Å²) in [5.74, 6) is 0.577. The van der Waals surface area contributed by atoms with Crippen molar-refractivity contribution in [3.8, 4) is 11.3 Å². The van der Waals surface area contributed by atoms with Crippen molar-refractivity contribution in [2.24, 2.45) is 5.92 Å². The minimum atomic E-state index is -0.275. The topological polar surface area (TPSA) is 58.1 Å². The Morgan fingerprint density at radius 2 is 1.83 bits per heavy atom. The van der Waals surface area contributed by atoms with E-state index in [4.69, 9.17) is 11.6 Å². The van der Waals surface area contributed by atoms with E-state index in [1.165, 1.54) is 18.5 Å². The van der Waals surface area contributed by atoms with Crippen LogP contribution in [0.2, 0.25) is 5.02 Å². The molecule has 2 aromatic carbocycles. The first kappa shape index (κ1) is 20.3. The molecular weight excluding hydrogens is 403 g/mol. The molecular formula is C23H22ClFN4O. The summed E-state index contributed by atoms with van der Waals surface area (Å²) in [4.78, 5) is 23.4. The first-order chi connectivity index (χ1) is 14.6. The molecule has 3 aromatic rings. The molecule has 4 rings (SSSR count). The average Bonchev–Trinajstić information content (AvgIpc) is 2.79. The zero-order chi connectivity index (χ0) is 20.9. The molecule has 1 N–H and O–H groups in total. The zero-order valence-electron chi connectivity index (χ0n) is 16.4. The molecule has 30 heavy (non-hydrogen) atoms. The van der Waals surface area contributed by atoms with Gasteiger partial charge in [0, 0.05) is 42.2 Å². The predicted octanol–water partition coefficient (Wildman–Crippen LogP) is 4.47. The lowest BCUT2D eigenvalue weighted by atomic mass is 9.95. The number of hydrogen-bond acceptors (Lipinski definition) is 4. The maximum atomic E-state index is 13.2. The molecule has 0 spiro atoms. The molecule has 1 aliphatic rings. The fourth-order valence-electron chi connectivity index (χ4n) is 3.64. The van der Waals surface area contributed by atoms with E-state index in [9.17, 15) is 9.18 Å². The Morgan fingerprint density at radius 3 is 2.57 bits per heavy atom. The van der Waals surface area contributed by atoms with Gasteiger partial charge < -0.3 is 10.2 Å². The smallest absolute Gasteiger partial charge is 0.223 e. The van der Waals surface area contributed by atoms with Crippen molar-refractivity contribution in [3.05, 3.63) is 77.3 Å². The van der Waals surface area contributed by atoms with Gasteiger partial charge in [-0.15, -0.1) is 0 Å². The van der Waals surface area contributed by atoms with Crippen LogP contribution in [-0.4, -0.2) is 29.0 Å². The van der Waals surface area contributed by atoms with E-state index in [1.54, 1.807) is 12.1 Å². The zero-order valence-corrected chi connectivity index (χ0v) is 17.1. The minimum Gasteiger partial charge on any atom is -0.356 e. The van der Waals surface area contributed by atoms with Gasteiger partial charge in [0.25, 0.3) is 0 Å². The van der Waals surface area contributed by atoms with Crippen LogP contribution >= 0.6 is 11.6 Å². The summed E-state index contributed by atoms with van der Waals surface area (Å²) in [7, 11) is 0.